The predicted molar refractivity (Wildman–Crippen MR) is 73.8 cm³/mol. The SMILES string of the molecule is CC(=O)CC1(O)O[C@H]([C@H]2COC(C)(C)O2)[C@@H]2OC(C)(C)O[C@@H]21. The van der Waals surface area contributed by atoms with Gasteiger partial charge in [0.05, 0.1) is 13.0 Å². The van der Waals surface area contributed by atoms with Gasteiger partial charge in [0.2, 0.25) is 5.79 Å². The molecule has 3 rings (SSSR count). The molecule has 1 N–H and O–H groups in total. The van der Waals surface area contributed by atoms with Crippen molar-refractivity contribution in [2.24, 2.45) is 0 Å². The van der Waals surface area contributed by atoms with Crippen LogP contribution in [0.15, 0.2) is 0 Å². The number of fused-ring (bicyclic) bond motifs is 1. The van der Waals surface area contributed by atoms with Crippen LogP contribution in [0.1, 0.15) is 41.0 Å². The molecule has 1 unspecified atom stereocenters. The van der Waals surface area contributed by atoms with Crippen molar-refractivity contribution in [3.8, 4) is 0 Å². The van der Waals surface area contributed by atoms with Gasteiger partial charge in [0.25, 0.3) is 0 Å². The molecule has 0 amide bonds. The van der Waals surface area contributed by atoms with Crippen LogP contribution in [0, 0.1) is 0 Å². The average Bonchev–Trinajstić information content (AvgIpc) is 2.91. The fourth-order valence-electron chi connectivity index (χ4n) is 3.41. The lowest BCUT2D eigenvalue weighted by Gasteiger charge is -2.30. The number of ether oxygens (including phenoxy) is 5. The minimum atomic E-state index is -1.70. The maximum absolute atomic E-state index is 11.5. The number of carbonyl (C=O) groups excluding carboxylic acids is 1. The van der Waals surface area contributed by atoms with Crippen LogP contribution in [0.4, 0.5) is 0 Å². The van der Waals surface area contributed by atoms with Crippen molar-refractivity contribution in [1.82, 2.24) is 0 Å². The molecule has 3 fully saturated rings. The van der Waals surface area contributed by atoms with E-state index in [0.29, 0.717) is 6.61 Å². The first-order valence-electron chi connectivity index (χ1n) is 7.58. The molecule has 0 aromatic rings. The van der Waals surface area contributed by atoms with Gasteiger partial charge in [-0.3, -0.25) is 4.79 Å². The highest BCUT2D eigenvalue weighted by Gasteiger charge is 2.65. The van der Waals surface area contributed by atoms with E-state index in [1.54, 1.807) is 13.8 Å². The molecule has 3 aliphatic rings. The third-order valence-corrected chi connectivity index (χ3v) is 4.14. The Morgan fingerprint density at radius 1 is 1.05 bits per heavy atom. The van der Waals surface area contributed by atoms with Crippen molar-refractivity contribution in [2.75, 3.05) is 6.61 Å². The normalized spacial score (nSPS) is 45.9. The van der Waals surface area contributed by atoms with Gasteiger partial charge < -0.3 is 28.8 Å². The van der Waals surface area contributed by atoms with Crippen LogP contribution >= 0.6 is 0 Å². The van der Waals surface area contributed by atoms with E-state index in [1.807, 2.05) is 13.8 Å². The molecule has 126 valence electrons. The van der Waals surface area contributed by atoms with Crippen LogP contribution in [0.25, 0.3) is 0 Å². The Bertz CT molecular complexity index is 475. The van der Waals surface area contributed by atoms with E-state index in [1.165, 1.54) is 6.92 Å². The molecular weight excluding hydrogens is 292 g/mol. The van der Waals surface area contributed by atoms with Crippen LogP contribution in [0.2, 0.25) is 0 Å². The molecule has 7 nitrogen and oxygen atoms in total. The summed E-state index contributed by atoms with van der Waals surface area (Å²) in [5.74, 6) is -3.44. The Hall–Kier alpha value is -0.570. The van der Waals surface area contributed by atoms with Crippen LogP contribution in [-0.2, 0) is 28.5 Å². The Kier molecular flexibility index (Phi) is 3.67. The number of carbonyl (C=O) groups is 1. The van der Waals surface area contributed by atoms with Gasteiger partial charge in [0, 0.05) is 0 Å². The minimum Gasteiger partial charge on any atom is -0.363 e. The molecule has 0 aliphatic carbocycles. The summed E-state index contributed by atoms with van der Waals surface area (Å²) in [6.07, 6.45) is -2.34. The molecule has 0 spiro atoms. The number of hydrogen-bond donors (Lipinski definition) is 1. The molecular formula is C15H24O7. The van der Waals surface area contributed by atoms with E-state index in [4.69, 9.17) is 23.7 Å². The van der Waals surface area contributed by atoms with E-state index in [0.717, 1.165) is 0 Å². The molecule has 5 atom stereocenters. The second-order valence-electron chi connectivity index (χ2n) is 7.19. The molecule has 7 heteroatoms. The van der Waals surface area contributed by atoms with Crippen molar-refractivity contribution >= 4 is 5.78 Å². The Labute approximate surface area is 129 Å². The highest BCUT2D eigenvalue weighted by atomic mass is 16.8. The summed E-state index contributed by atoms with van der Waals surface area (Å²) in [6, 6.07) is 0. The van der Waals surface area contributed by atoms with Crippen molar-refractivity contribution < 1.29 is 33.6 Å². The molecule has 22 heavy (non-hydrogen) atoms. The number of rotatable bonds is 3. The second-order valence-corrected chi connectivity index (χ2v) is 7.19. The topological polar surface area (TPSA) is 83.5 Å². The summed E-state index contributed by atoms with van der Waals surface area (Å²) in [6.45, 7) is 8.91. The van der Waals surface area contributed by atoms with E-state index in [-0.39, 0.29) is 18.3 Å². The van der Waals surface area contributed by atoms with Gasteiger partial charge in [-0.05, 0) is 34.6 Å². The first kappa shape index (κ1) is 16.3. The van der Waals surface area contributed by atoms with Crippen LogP contribution in [0.5, 0.6) is 0 Å². The Balaban J connectivity index is 1.84. The maximum Gasteiger partial charge on any atom is 0.202 e. The number of Topliss-reactive ketones (excluding diaryl/α,β-unsaturated/α-hetero) is 1. The molecule has 3 saturated heterocycles. The van der Waals surface area contributed by atoms with Crippen LogP contribution in [-0.4, -0.2) is 59.3 Å². The van der Waals surface area contributed by atoms with Gasteiger partial charge in [0.15, 0.2) is 11.6 Å². The molecule has 0 aromatic carbocycles. The quantitative estimate of drug-likeness (QED) is 0.821. The van der Waals surface area contributed by atoms with Gasteiger partial charge in [-0.15, -0.1) is 0 Å². The second kappa shape index (κ2) is 4.96. The molecule has 3 heterocycles. The lowest BCUT2D eigenvalue weighted by atomic mass is 9.99. The minimum absolute atomic E-state index is 0.152. The zero-order valence-corrected chi connectivity index (χ0v) is 13.6. The van der Waals surface area contributed by atoms with Crippen LogP contribution in [0.3, 0.4) is 0 Å². The smallest absolute Gasteiger partial charge is 0.202 e. The van der Waals surface area contributed by atoms with Gasteiger partial charge in [-0.25, -0.2) is 0 Å². The maximum atomic E-state index is 11.5. The summed E-state index contributed by atoms with van der Waals surface area (Å²) in [5.41, 5.74) is 0. The molecule has 0 radical (unpaired) electrons. The fraction of sp³-hybridized carbons (Fsp3) is 0.933. The summed E-state index contributed by atoms with van der Waals surface area (Å²) in [4.78, 5) is 11.5. The van der Waals surface area contributed by atoms with Crippen molar-refractivity contribution in [3.63, 3.8) is 0 Å². The number of hydrogen-bond acceptors (Lipinski definition) is 7. The van der Waals surface area contributed by atoms with Crippen LogP contribution < -0.4 is 0 Å². The van der Waals surface area contributed by atoms with Crippen molar-refractivity contribution in [3.05, 3.63) is 0 Å². The largest absolute Gasteiger partial charge is 0.363 e. The lowest BCUT2D eigenvalue weighted by Crippen LogP contribution is -2.44. The number of ketones is 1. The van der Waals surface area contributed by atoms with Crippen molar-refractivity contribution in [2.45, 2.75) is 82.8 Å². The predicted octanol–water partition coefficient (Wildman–Crippen LogP) is 0.724. The van der Waals surface area contributed by atoms with Gasteiger partial charge in [-0.1, -0.05) is 0 Å². The summed E-state index contributed by atoms with van der Waals surface area (Å²) >= 11 is 0. The molecule has 3 aliphatic heterocycles. The third-order valence-electron chi connectivity index (χ3n) is 4.14. The van der Waals surface area contributed by atoms with E-state index in [9.17, 15) is 9.90 Å². The third kappa shape index (κ3) is 2.81. The summed E-state index contributed by atoms with van der Waals surface area (Å²) in [5, 5.41) is 10.8. The molecule has 0 bridgehead atoms. The Morgan fingerprint density at radius 3 is 2.27 bits per heavy atom. The van der Waals surface area contributed by atoms with Gasteiger partial charge in [0.1, 0.15) is 30.2 Å². The number of aliphatic hydroxyl groups is 1. The first-order chi connectivity index (χ1) is 10.0. The highest BCUT2D eigenvalue weighted by Crippen LogP contribution is 2.46. The summed E-state index contributed by atoms with van der Waals surface area (Å²) in [7, 11) is 0. The zero-order chi connectivity index (χ0) is 16.3. The molecule has 0 aromatic heterocycles. The average molecular weight is 316 g/mol. The van der Waals surface area contributed by atoms with Gasteiger partial charge >= 0.3 is 0 Å². The fourth-order valence-corrected chi connectivity index (χ4v) is 3.41. The summed E-state index contributed by atoms with van der Waals surface area (Å²) < 4.78 is 28.8. The van der Waals surface area contributed by atoms with E-state index < -0.39 is 35.7 Å². The van der Waals surface area contributed by atoms with E-state index in [2.05, 4.69) is 0 Å². The van der Waals surface area contributed by atoms with Crippen molar-refractivity contribution in [1.29, 1.82) is 0 Å². The molecule has 0 saturated carbocycles. The standard InChI is InChI=1S/C15H24O7/c1-8(16)6-15(17)12-11(20-14(4,5)22-12)10(21-15)9-7-18-13(2,3)19-9/h9-12,17H,6-7H2,1-5H3/t9-,10-,11+,12+,15?/m1/s1. The monoisotopic (exact) mass is 316 g/mol. The van der Waals surface area contributed by atoms with E-state index >= 15 is 0 Å². The highest BCUT2D eigenvalue weighted by molar-refractivity contribution is 5.76. The Morgan fingerprint density at radius 2 is 1.73 bits per heavy atom. The lowest BCUT2D eigenvalue weighted by molar-refractivity contribution is -0.284. The zero-order valence-electron chi connectivity index (χ0n) is 13.6. The van der Waals surface area contributed by atoms with Gasteiger partial charge in [-0.2, -0.15) is 0 Å². The first-order valence-corrected chi connectivity index (χ1v) is 7.58.